The van der Waals surface area contributed by atoms with Crippen LogP contribution >= 0.6 is 11.6 Å². The van der Waals surface area contributed by atoms with Crippen molar-refractivity contribution in [1.29, 1.82) is 0 Å². The number of rotatable bonds is 4. The molecule has 1 saturated carbocycles. The van der Waals surface area contributed by atoms with Gasteiger partial charge in [0.15, 0.2) is 0 Å². The van der Waals surface area contributed by atoms with E-state index >= 15 is 0 Å². The Labute approximate surface area is 169 Å². The van der Waals surface area contributed by atoms with Crippen molar-refractivity contribution in [3.63, 3.8) is 0 Å². The van der Waals surface area contributed by atoms with Gasteiger partial charge in [0.2, 0.25) is 0 Å². The largest absolute Gasteiger partial charge is 0.347 e. The van der Waals surface area contributed by atoms with Crippen LogP contribution in [0.1, 0.15) is 55.7 Å². The minimum absolute atomic E-state index is 0.126. The summed E-state index contributed by atoms with van der Waals surface area (Å²) in [6, 6.07) is 11.1. The number of amides is 1. The molecule has 0 saturated heterocycles. The predicted octanol–water partition coefficient (Wildman–Crippen LogP) is 4.99. The summed E-state index contributed by atoms with van der Waals surface area (Å²) in [7, 11) is 0. The van der Waals surface area contributed by atoms with Crippen molar-refractivity contribution in [1.82, 2.24) is 19.9 Å². The summed E-state index contributed by atoms with van der Waals surface area (Å²) in [6.45, 7) is 5.90. The fourth-order valence-electron chi connectivity index (χ4n) is 3.10. The van der Waals surface area contributed by atoms with Gasteiger partial charge in [-0.3, -0.25) is 9.36 Å². The van der Waals surface area contributed by atoms with Crippen molar-refractivity contribution in [2.75, 3.05) is 0 Å². The van der Waals surface area contributed by atoms with Crippen LogP contribution < -0.4 is 5.32 Å². The molecule has 3 aromatic rings. The standard InChI is InChI=1S/C22H23ClN4O/c1-22(2,3)26-21(28)16-12-18(14-6-8-17(23)9-7-14)25-19(13-16)27-11-10-24-20(27)15-4-5-15/h6-13,15H,4-5H2,1-3H3,(H,26,28). The fraction of sp³-hybridized carbons (Fsp3) is 0.318. The van der Waals surface area contributed by atoms with Gasteiger partial charge in [-0.15, -0.1) is 0 Å². The molecule has 0 bridgehead atoms. The number of halogens is 1. The van der Waals surface area contributed by atoms with Crippen molar-refractivity contribution < 1.29 is 4.79 Å². The Morgan fingerprint density at radius 1 is 1.18 bits per heavy atom. The molecule has 0 radical (unpaired) electrons. The molecule has 1 aliphatic rings. The Bertz CT molecular complexity index is 1010. The van der Waals surface area contributed by atoms with Crippen molar-refractivity contribution >= 4 is 17.5 Å². The molecule has 1 N–H and O–H groups in total. The molecular formula is C22H23ClN4O. The number of nitrogens with zero attached hydrogens (tertiary/aromatic N) is 3. The third-order valence-electron chi connectivity index (χ3n) is 4.56. The Hall–Kier alpha value is -2.66. The van der Waals surface area contributed by atoms with Gasteiger partial charge >= 0.3 is 0 Å². The number of nitrogens with one attached hydrogen (secondary N) is 1. The third kappa shape index (κ3) is 4.09. The number of pyridine rings is 1. The number of hydrogen-bond donors (Lipinski definition) is 1. The average molecular weight is 395 g/mol. The highest BCUT2D eigenvalue weighted by Crippen LogP contribution is 2.39. The first-order valence-corrected chi connectivity index (χ1v) is 9.82. The molecule has 0 unspecified atom stereocenters. The fourth-order valence-corrected chi connectivity index (χ4v) is 3.23. The molecule has 2 heterocycles. The Morgan fingerprint density at radius 3 is 2.54 bits per heavy atom. The van der Waals surface area contributed by atoms with E-state index in [4.69, 9.17) is 16.6 Å². The van der Waals surface area contributed by atoms with E-state index in [9.17, 15) is 4.79 Å². The van der Waals surface area contributed by atoms with E-state index in [1.807, 2.05) is 67.9 Å². The topological polar surface area (TPSA) is 59.8 Å². The maximum absolute atomic E-state index is 12.9. The van der Waals surface area contributed by atoms with E-state index < -0.39 is 0 Å². The van der Waals surface area contributed by atoms with E-state index in [-0.39, 0.29) is 11.4 Å². The first-order valence-electron chi connectivity index (χ1n) is 9.44. The van der Waals surface area contributed by atoms with Crippen LogP contribution in [0, 0.1) is 0 Å². The maximum Gasteiger partial charge on any atom is 0.251 e. The highest BCUT2D eigenvalue weighted by molar-refractivity contribution is 6.30. The zero-order valence-electron chi connectivity index (χ0n) is 16.2. The molecule has 2 aromatic heterocycles. The van der Waals surface area contributed by atoms with Crippen molar-refractivity contribution in [3.8, 4) is 17.1 Å². The monoisotopic (exact) mass is 394 g/mol. The van der Waals surface area contributed by atoms with Crippen LogP contribution in [-0.2, 0) is 0 Å². The number of benzene rings is 1. The zero-order chi connectivity index (χ0) is 19.9. The predicted molar refractivity (Wildman–Crippen MR) is 111 cm³/mol. The van der Waals surface area contributed by atoms with E-state index in [2.05, 4.69) is 10.3 Å². The summed E-state index contributed by atoms with van der Waals surface area (Å²) in [6.07, 6.45) is 5.99. The molecule has 5 nitrogen and oxygen atoms in total. The average Bonchev–Trinajstić information content (AvgIpc) is 3.37. The third-order valence-corrected chi connectivity index (χ3v) is 4.81. The van der Waals surface area contributed by atoms with Crippen LogP contribution in [0.4, 0.5) is 0 Å². The van der Waals surface area contributed by atoms with Crippen LogP contribution in [0.2, 0.25) is 5.02 Å². The SMILES string of the molecule is CC(C)(C)NC(=O)c1cc(-c2ccc(Cl)cc2)nc(-n2ccnc2C2CC2)c1. The summed E-state index contributed by atoms with van der Waals surface area (Å²) < 4.78 is 1.99. The summed E-state index contributed by atoms with van der Waals surface area (Å²) in [5, 5.41) is 3.70. The number of aromatic nitrogens is 3. The van der Waals surface area contributed by atoms with Gasteiger partial charge in [0.25, 0.3) is 5.91 Å². The van der Waals surface area contributed by atoms with Gasteiger partial charge in [0.1, 0.15) is 11.6 Å². The normalized spacial score (nSPS) is 14.1. The van der Waals surface area contributed by atoms with Gasteiger partial charge in [-0.25, -0.2) is 9.97 Å². The maximum atomic E-state index is 12.9. The molecule has 0 aliphatic heterocycles. The van der Waals surface area contributed by atoms with E-state index in [1.165, 1.54) is 0 Å². The summed E-state index contributed by atoms with van der Waals surface area (Å²) in [5.41, 5.74) is 1.88. The molecule has 1 fully saturated rings. The first kappa shape index (κ1) is 18.7. The molecular weight excluding hydrogens is 372 g/mol. The molecule has 0 spiro atoms. The van der Waals surface area contributed by atoms with Gasteiger partial charge in [-0.05, 0) is 57.9 Å². The molecule has 4 rings (SSSR count). The lowest BCUT2D eigenvalue weighted by atomic mass is 10.1. The minimum atomic E-state index is -0.324. The molecule has 1 aromatic carbocycles. The molecule has 6 heteroatoms. The number of carbonyl (C=O) groups is 1. The minimum Gasteiger partial charge on any atom is -0.347 e. The second kappa shape index (κ2) is 7.06. The molecule has 144 valence electrons. The highest BCUT2D eigenvalue weighted by atomic mass is 35.5. The van der Waals surface area contributed by atoms with Crippen LogP contribution in [0.15, 0.2) is 48.8 Å². The van der Waals surface area contributed by atoms with Crippen molar-refractivity contribution in [2.45, 2.75) is 45.1 Å². The lowest BCUT2D eigenvalue weighted by Crippen LogP contribution is -2.40. The molecule has 1 amide bonds. The highest BCUT2D eigenvalue weighted by Gasteiger charge is 2.29. The quantitative estimate of drug-likeness (QED) is 0.677. The Kier molecular flexibility index (Phi) is 4.71. The van der Waals surface area contributed by atoms with Crippen LogP contribution in [0.25, 0.3) is 17.1 Å². The second-order valence-electron chi connectivity index (χ2n) is 8.24. The van der Waals surface area contributed by atoms with Gasteiger partial charge in [0.05, 0.1) is 5.69 Å². The van der Waals surface area contributed by atoms with Crippen LogP contribution in [0.5, 0.6) is 0 Å². The van der Waals surface area contributed by atoms with Gasteiger partial charge in [-0.2, -0.15) is 0 Å². The molecule has 1 aliphatic carbocycles. The molecule has 0 atom stereocenters. The number of imidazole rings is 1. The van der Waals surface area contributed by atoms with Gasteiger partial charge in [-0.1, -0.05) is 23.7 Å². The van der Waals surface area contributed by atoms with Crippen molar-refractivity contribution in [2.24, 2.45) is 0 Å². The molecule has 28 heavy (non-hydrogen) atoms. The van der Waals surface area contributed by atoms with E-state index in [0.717, 1.165) is 29.9 Å². The van der Waals surface area contributed by atoms with E-state index in [0.29, 0.717) is 22.3 Å². The lowest BCUT2D eigenvalue weighted by Gasteiger charge is -2.21. The summed E-state index contributed by atoms with van der Waals surface area (Å²) in [5.74, 6) is 2.05. The zero-order valence-corrected chi connectivity index (χ0v) is 17.0. The first-order chi connectivity index (χ1) is 13.3. The number of hydrogen-bond acceptors (Lipinski definition) is 3. The lowest BCUT2D eigenvalue weighted by molar-refractivity contribution is 0.0919. The van der Waals surface area contributed by atoms with Gasteiger partial charge < -0.3 is 5.32 Å². The summed E-state index contributed by atoms with van der Waals surface area (Å²) >= 11 is 6.03. The Balaban J connectivity index is 1.82. The summed E-state index contributed by atoms with van der Waals surface area (Å²) in [4.78, 5) is 22.2. The van der Waals surface area contributed by atoms with E-state index in [1.54, 1.807) is 6.20 Å². The van der Waals surface area contributed by atoms with Crippen LogP contribution in [0.3, 0.4) is 0 Å². The Morgan fingerprint density at radius 2 is 1.89 bits per heavy atom. The van der Waals surface area contributed by atoms with Gasteiger partial charge in [0, 0.05) is 40.0 Å². The van der Waals surface area contributed by atoms with Crippen molar-refractivity contribution in [3.05, 3.63) is 65.2 Å². The van der Waals surface area contributed by atoms with Crippen LogP contribution in [-0.4, -0.2) is 26.0 Å². The number of carbonyl (C=O) groups excluding carboxylic acids is 1. The smallest absolute Gasteiger partial charge is 0.251 e. The second-order valence-corrected chi connectivity index (χ2v) is 8.68.